The summed E-state index contributed by atoms with van der Waals surface area (Å²) >= 11 is 0. The molecule has 0 aliphatic carbocycles. The van der Waals surface area contributed by atoms with Crippen LogP contribution in [0.1, 0.15) is 6.99 Å². The number of ether oxygens (including phenoxy) is 2. The lowest BCUT2D eigenvalue weighted by molar-refractivity contribution is -0.136. The molecule has 1 aliphatic heterocycles. The number of hydrogen-bond donors (Lipinski definition) is 3. The third-order valence-corrected chi connectivity index (χ3v) is 5.15. The molecule has 13 heteroatoms. The first-order valence-corrected chi connectivity index (χ1v) is 10.3. The molecule has 0 atom stereocenters. The molecule has 3 heterocycles. The number of benzene rings is 1. The number of pyridine rings is 1. The summed E-state index contributed by atoms with van der Waals surface area (Å²) in [5.74, 6) is -3.13. The molecule has 3 aromatic rings. The van der Waals surface area contributed by atoms with Gasteiger partial charge in [0.25, 0.3) is 0 Å². The van der Waals surface area contributed by atoms with Crippen LogP contribution in [0, 0.1) is 11.6 Å². The average molecular weight is 487 g/mol. The van der Waals surface area contributed by atoms with E-state index >= 15 is 0 Å². The zero-order valence-corrected chi connectivity index (χ0v) is 17.6. The maximum atomic E-state index is 14.6. The van der Waals surface area contributed by atoms with Gasteiger partial charge in [-0.15, -0.1) is 0 Å². The maximum Gasteiger partial charge on any atom is 0.418 e. The molecule has 0 radical (unpaired) electrons. The highest BCUT2D eigenvalue weighted by molar-refractivity contribution is 5.89. The van der Waals surface area contributed by atoms with E-state index in [0.717, 1.165) is 19.2 Å². The lowest BCUT2D eigenvalue weighted by Crippen LogP contribution is -2.42. The standard InChI is InChI=1S/C21H20F5N5O3.H2/c22-13-10-17(34-16-1-2-27-19-18(16)12(11-29-19)21(24,25)26)14(23)9-15(13)30-20(32)28-3-4-31-5-7-33-8-6-31;/h1-2,9-11H,3-8H2,(H,27,29)(H2,28,30,32);1H. The fourth-order valence-corrected chi connectivity index (χ4v) is 3.48. The van der Waals surface area contributed by atoms with E-state index in [0.29, 0.717) is 38.1 Å². The van der Waals surface area contributed by atoms with E-state index in [-0.39, 0.29) is 19.4 Å². The zero-order chi connectivity index (χ0) is 24.3. The van der Waals surface area contributed by atoms with Gasteiger partial charge in [0, 0.05) is 52.1 Å². The first kappa shape index (κ1) is 23.7. The number of aromatic nitrogens is 2. The van der Waals surface area contributed by atoms with Crippen LogP contribution in [0.2, 0.25) is 0 Å². The van der Waals surface area contributed by atoms with Crippen molar-refractivity contribution >= 4 is 22.8 Å². The van der Waals surface area contributed by atoms with Gasteiger partial charge in [-0.05, 0) is 6.07 Å². The molecule has 4 rings (SSSR count). The van der Waals surface area contributed by atoms with Crippen molar-refractivity contribution in [3.05, 3.63) is 47.8 Å². The number of urea groups is 1. The predicted molar refractivity (Wildman–Crippen MR) is 114 cm³/mol. The SMILES string of the molecule is O=C(NCCN1CCOCC1)Nc1cc(F)c(Oc2ccnc3[nH]cc(C(F)(F)F)c23)cc1F.[HH]. The van der Waals surface area contributed by atoms with E-state index in [1.807, 2.05) is 0 Å². The topological polar surface area (TPSA) is 91.5 Å². The minimum absolute atomic E-state index is 0. The molecule has 8 nitrogen and oxygen atoms in total. The quantitative estimate of drug-likeness (QED) is 0.450. The molecular formula is C21H22F5N5O3. The predicted octanol–water partition coefficient (Wildman–Crippen LogP) is 4.35. The summed E-state index contributed by atoms with van der Waals surface area (Å²) in [6.07, 6.45) is -2.84. The Morgan fingerprint density at radius 1 is 1.21 bits per heavy atom. The van der Waals surface area contributed by atoms with Crippen molar-refractivity contribution in [2.24, 2.45) is 0 Å². The number of H-pyrrole nitrogens is 1. The summed E-state index contributed by atoms with van der Waals surface area (Å²) in [6, 6.07) is 1.70. The molecule has 2 amide bonds. The number of fused-ring (bicyclic) bond motifs is 1. The van der Waals surface area contributed by atoms with Gasteiger partial charge in [0.15, 0.2) is 17.4 Å². The number of carbonyl (C=O) groups is 1. The molecule has 0 bridgehead atoms. The van der Waals surface area contributed by atoms with E-state index < -0.39 is 46.2 Å². The van der Waals surface area contributed by atoms with Crippen LogP contribution in [-0.4, -0.2) is 60.3 Å². The fraction of sp³-hybridized carbons (Fsp3) is 0.333. The minimum atomic E-state index is -4.72. The molecule has 1 aromatic carbocycles. The Hall–Kier alpha value is -3.45. The van der Waals surface area contributed by atoms with Crippen LogP contribution in [0.5, 0.6) is 11.5 Å². The summed E-state index contributed by atoms with van der Waals surface area (Å²) in [6.45, 7) is 3.55. The number of rotatable bonds is 6. The first-order chi connectivity index (χ1) is 16.2. The Balaban J connectivity index is 0.00000342. The fourth-order valence-electron chi connectivity index (χ4n) is 3.48. The largest absolute Gasteiger partial charge is 0.453 e. The molecule has 184 valence electrons. The van der Waals surface area contributed by atoms with Crippen LogP contribution in [0.4, 0.5) is 32.4 Å². The zero-order valence-electron chi connectivity index (χ0n) is 17.6. The molecule has 0 saturated carbocycles. The Morgan fingerprint density at radius 3 is 2.71 bits per heavy atom. The van der Waals surface area contributed by atoms with Crippen LogP contribution in [0.25, 0.3) is 11.0 Å². The lowest BCUT2D eigenvalue weighted by Gasteiger charge is -2.26. The van der Waals surface area contributed by atoms with Gasteiger partial charge in [0.1, 0.15) is 11.4 Å². The Kier molecular flexibility index (Phi) is 6.84. The number of carbonyl (C=O) groups excluding carboxylic acids is 1. The number of amides is 2. The summed E-state index contributed by atoms with van der Waals surface area (Å²) in [4.78, 5) is 20.3. The summed E-state index contributed by atoms with van der Waals surface area (Å²) in [5.41, 5.74) is -1.64. The van der Waals surface area contributed by atoms with Crippen molar-refractivity contribution in [2.45, 2.75) is 6.18 Å². The summed E-state index contributed by atoms with van der Waals surface area (Å²) < 4.78 is 79.5. The molecule has 34 heavy (non-hydrogen) atoms. The Labute approximate surface area is 191 Å². The van der Waals surface area contributed by atoms with E-state index in [1.54, 1.807) is 0 Å². The van der Waals surface area contributed by atoms with Gasteiger partial charge in [0.2, 0.25) is 0 Å². The second-order valence-corrected chi connectivity index (χ2v) is 7.43. The molecule has 1 fully saturated rings. The average Bonchev–Trinajstić information content (AvgIpc) is 3.24. The van der Waals surface area contributed by atoms with Crippen molar-refractivity contribution in [2.75, 3.05) is 44.7 Å². The highest BCUT2D eigenvalue weighted by atomic mass is 19.4. The van der Waals surface area contributed by atoms with Crippen molar-refractivity contribution in [1.82, 2.24) is 20.2 Å². The molecule has 3 N–H and O–H groups in total. The van der Waals surface area contributed by atoms with E-state index in [1.165, 1.54) is 6.20 Å². The second-order valence-electron chi connectivity index (χ2n) is 7.43. The number of nitrogens with zero attached hydrogens (tertiary/aromatic N) is 2. The number of aromatic amines is 1. The van der Waals surface area contributed by atoms with Crippen LogP contribution in [-0.2, 0) is 10.9 Å². The molecule has 1 aliphatic rings. The second kappa shape index (κ2) is 9.81. The van der Waals surface area contributed by atoms with Gasteiger partial charge in [-0.1, -0.05) is 0 Å². The van der Waals surface area contributed by atoms with E-state index in [4.69, 9.17) is 9.47 Å². The van der Waals surface area contributed by atoms with E-state index in [2.05, 4.69) is 25.5 Å². The number of halogens is 5. The van der Waals surface area contributed by atoms with Gasteiger partial charge in [-0.25, -0.2) is 18.6 Å². The van der Waals surface area contributed by atoms with Crippen molar-refractivity contribution in [3.63, 3.8) is 0 Å². The van der Waals surface area contributed by atoms with Crippen LogP contribution >= 0.6 is 0 Å². The molecule has 2 aromatic heterocycles. The van der Waals surface area contributed by atoms with Gasteiger partial charge >= 0.3 is 12.2 Å². The molecule has 0 spiro atoms. The Morgan fingerprint density at radius 2 is 1.97 bits per heavy atom. The van der Waals surface area contributed by atoms with Crippen LogP contribution in [0.3, 0.4) is 0 Å². The third-order valence-electron chi connectivity index (χ3n) is 5.15. The van der Waals surface area contributed by atoms with Crippen molar-refractivity contribution < 1.29 is 37.6 Å². The first-order valence-electron chi connectivity index (χ1n) is 10.3. The van der Waals surface area contributed by atoms with Crippen LogP contribution in [0.15, 0.2) is 30.6 Å². The smallest absolute Gasteiger partial charge is 0.418 e. The number of anilines is 1. The Bertz CT molecular complexity index is 1180. The lowest BCUT2D eigenvalue weighted by atomic mass is 10.2. The number of alkyl halides is 3. The van der Waals surface area contributed by atoms with Gasteiger partial charge < -0.3 is 25.1 Å². The molecule has 0 unspecified atom stereocenters. The molecule has 1 saturated heterocycles. The van der Waals surface area contributed by atoms with Crippen molar-refractivity contribution in [1.29, 1.82) is 0 Å². The van der Waals surface area contributed by atoms with Gasteiger partial charge in [0.05, 0.1) is 29.9 Å². The van der Waals surface area contributed by atoms with E-state index in [9.17, 15) is 26.7 Å². The van der Waals surface area contributed by atoms with Gasteiger partial charge in [-0.3, -0.25) is 4.90 Å². The number of morpholine rings is 1. The number of hydrogen-bond acceptors (Lipinski definition) is 5. The minimum Gasteiger partial charge on any atom is -0.453 e. The summed E-state index contributed by atoms with van der Waals surface area (Å²) in [7, 11) is 0. The third kappa shape index (κ3) is 5.37. The monoisotopic (exact) mass is 487 g/mol. The maximum absolute atomic E-state index is 14.6. The van der Waals surface area contributed by atoms with Crippen LogP contribution < -0.4 is 15.4 Å². The van der Waals surface area contributed by atoms with Crippen molar-refractivity contribution in [3.8, 4) is 11.5 Å². The molecular weight excluding hydrogens is 465 g/mol. The highest BCUT2D eigenvalue weighted by Crippen LogP contribution is 2.40. The normalized spacial score (nSPS) is 14.9. The van der Waals surface area contributed by atoms with Gasteiger partial charge in [-0.2, -0.15) is 13.2 Å². The highest BCUT2D eigenvalue weighted by Gasteiger charge is 2.35. The summed E-state index contributed by atoms with van der Waals surface area (Å²) in [5, 5.41) is 4.33. The number of nitrogens with one attached hydrogen (secondary N) is 3.